The SMILES string of the molecule is O=C(Nc1ccc(F)cc1NC(=O)C1CCCN(C(=O)C2CC2)C1)c1ccccn1. The molecule has 2 heterocycles. The highest BCUT2D eigenvalue weighted by Crippen LogP contribution is 2.33. The lowest BCUT2D eigenvalue weighted by Crippen LogP contribution is -2.44. The van der Waals surface area contributed by atoms with Crippen LogP contribution >= 0.6 is 0 Å². The molecule has 0 bridgehead atoms. The highest BCUT2D eigenvalue weighted by molar-refractivity contribution is 6.06. The first-order chi connectivity index (χ1) is 14.5. The Morgan fingerprint density at radius 3 is 2.57 bits per heavy atom. The van der Waals surface area contributed by atoms with E-state index in [4.69, 9.17) is 0 Å². The van der Waals surface area contributed by atoms with Crippen LogP contribution in [0.3, 0.4) is 0 Å². The van der Waals surface area contributed by atoms with Gasteiger partial charge in [-0.1, -0.05) is 6.07 Å². The molecule has 1 saturated carbocycles. The van der Waals surface area contributed by atoms with E-state index >= 15 is 0 Å². The third kappa shape index (κ3) is 4.64. The molecule has 1 atom stereocenters. The van der Waals surface area contributed by atoms with E-state index in [-0.39, 0.29) is 40.7 Å². The Morgan fingerprint density at radius 2 is 1.83 bits per heavy atom. The number of hydrogen-bond donors (Lipinski definition) is 2. The molecule has 156 valence electrons. The summed E-state index contributed by atoms with van der Waals surface area (Å²) in [5.74, 6) is -1.41. The molecule has 1 aliphatic carbocycles. The van der Waals surface area contributed by atoms with E-state index in [9.17, 15) is 18.8 Å². The molecule has 1 aromatic carbocycles. The van der Waals surface area contributed by atoms with Gasteiger partial charge >= 0.3 is 0 Å². The molecule has 1 aliphatic heterocycles. The van der Waals surface area contributed by atoms with Crippen molar-refractivity contribution in [1.82, 2.24) is 9.88 Å². The maximum atomic E-state index is 13.8. The minimum atomic E-state index is -0.532. The second-order valence-corrected chi connectivity index (χ2v) is 7.75. The largest absolute Gasteiger partial charge is 0.342 e. The lowest BCUT2D eigenvalue weighted by molar-refractivity contribution is -0.135. The maximum absolute atomic E-state index is 13.8. The van der Waals surface area contributed by atoms with Crippen LogP contribution in [0, 0.1) is 17.7 Å². The van der Waals surface area contributed by atoms with Gasteiger partial charge in [0, 0.05) is 25.2 Å². The smallest absolute Gasteiger partial charge is 0.274 e. The van der Waals surface area contributed by atoms with Crippen molar-refractivity contribution in [2.75, 3.05) is 23.7 Å². The van der Waals surface area contributed by atoms with Gasteiger partial charge < -0.3 is 15.5 Å². The summed E-state index contributed by atoms with van der Waals surface area (Å²) in [6, 6.07) is 8.72. The number of aromatic nitrogens is 1. The summed E-state index contributed by atoms with van der Waals surface area (Å²) in [5, 5.41) is 5.40. The Labute approximate surface area is 173 Å². The number of halogens is 1. The molecule has 2 N–H and O–H groups in total. The molecule has 8 heteroatoms. The molecule has 3 amide bonds. The van der Waals surface area contributed by atoms with Gasteiger partial charge in [-0.25, -0.2) is 4.39 Å². The van der Waals surface area contributed by atoms with Crippen LogP contribution in [0.25, 0.3) is 0 Å². The molecule has 0 radical (unpaired) electrons. The fourth-order valence-corrected chi connectivity index (χ4v) is 3.63. The zero-order valence-electron chi connectivity index (χ0n) is 16.4. The number of carbonyl (C=O) groups excluding carboxylic acids is 3. The van der Waals surface area contributed by atoms with Crippen LogP contribution in [0.4, 0.5) is 15.8 Å². The lowest BCUT2D eigenvalue weighted by atomic mass is 9.96. The van der Waals surface area contributed by atoms with Crippen LogP contribution in [0.15, 0.2) is 42.6 Å². The monoisotopic (exact) mass is 410 g/mol. The predicted octanol–water partition coefficient (Wildman–Crippen LogP) is 3.06. The number of nitrogens with zero attached hydrogens (tertiary/aromatic N) is 2. The van der Waals surface area contributed by atoms with Crippen LogP contribution in [0.2, 0.25) is 0 Å². The van der Waals surface area contributed by atoms with E-state index in [1.165, 1.54) is 24.4 Å². The molecule has 7 nitrogen and oxygen atoms in total. The number of anilines is 2. The van der Waals surface area contributed by atoms with E-state index in [1.807, 2.05) is 0 Å². The average Bonchev–Trinajstić information content (AvgIpc) is 3.61. The first kappa shape index (κ1) is 20.0. The van der Waals surface area contributed by atoms with E-state index in [2.05, 4.69) is 15.6 Å². The van der Waals surface area contributed by atoms with Gasteiger partial charge in [0.05, 0.1) is 17.3 Å². The fraction of sp³-hybridized carbons (Fsp3) is 0.364. The molecule has 2 aromatic rings. The van der Waals surface area contributed by atoms with Crippen LogP contribution in [0.5, 0.6) is 0 Å². The molecule has 0 spiro atoms. The van der Waals surface area contributed by atoms with Crippen molar-refractivity contribution in [2.24, 2.45) is 11.8 Å². The lowest BCUT2D eigenvalue weighted by Gasteiger charge is -2.32. The Kier molecular flexibility index (Phi) is 5.74. The summed E-state index contributed by atoms with van der Waals surface area (Å²) in [7, 11) is 0. The molecule has 1 aromatic heterocycles. The second-order valence-electron chi connectivity index (χ2n) is 7.75. The molecular weight excluding hydrogens is 387 g/mol. The first-order valence-electron chi connectivity index (χ1n) is 10.1. The summed E-state index contributed by atoms with van der Waals surface area (Å²) < 4.78 is 13.8. The highest BCUT2D eigenvalue weighted by Gasteiger charge is 2.36. The van der Waals surface area contributed by atoms with Gasteiger partial charge in [0.15, 0.2) is 0 Å². The van der Waals surface area contributed by atoms with Crippen LogP contribution in [-0.2, 0) is 9.59 Å². The molecule has 1 unspecified atom stereocenters. The topological polar surface area (TPSA) is 91.4 Å². The minimum absolute atomic E-state index is 0.114. The van der Waals surface area contributed by atoms with Gasteiger partial charge in [-0.2, -0.15) is 0 Å². The van der Waals surface area contributed by atoms with Crippen molar-refractivity contribution in [2.45, 2.75) is 25.7 Å². The number of pyridine rings is 1. The number of carbonyl (C=O) groups is 3. The third-order valence-corrected chi connectivity index (χ3v) is 5.42. The number of nitrogens with one attached hydrogen (secondary N) is 2. The van der Waals surface area contributed by atoms with Gasteiger partial charge in [-0.05, 0) is 56.0 Å². The van der Waals surface area contributed by atoms with Crippen molar-refractivity contribution in [3.63, 3.8) is 0 Å². The van der Waals surface area contributed by atoms with E-state index in [1.54, 1.807) is 23.1 Å². The van der Waals surface area contributed by atoms with Crippen molar-refractivity contribution in [3.05, 3.63) is 54.1 Å². The van der Waals surface area contributed by atoms with E-state index in [0.29, 0.717) is 19.5 Å². The summed E-state index contributed by atoms with van der Waals surface area (Å²) in [5.41, 5.74) is 0.665. The molecular formula is C22H23FN4O3. The summed E-state index contributed by atoms with van der Waals surface area (Å²) in [6.45, 7) is 1.04. The van der Waals surface area contributed by atoms with Crippen molar-refractivity contribution in [3.8, 4) is 0 Å². The molecule has 2 fully saturated rings. The summed E-state index contributed by atoms with van der Waals surface area (Å²) >= 11 is 0. The summed E-state index contributed by atoms with van der Waals surface area (Å²) in [4.78, 5) is 43.3. The third-order valence-electron chi connectivity index (χ3n) is 5.42. The number of amides is 3. The summed E-state index contributed by atoms with van der Waals surface area (Å²) in [6.07, 6.45) is 4.76. The standard InChI is InChI=1S/C22H23FN4O3/c23-16-8-9-17(25-21(29)18-5-1-2-10-24-18)19(12-16)26-20(28)15-4-3-11-27(13-15)22(30)14-6-7-14/h1-2,5,8-10,12,14-15H,3-4,6-7,11,13H2,(H,25,29)(H,26,28). The van der Waals surface area contributed by atoms with E-state index < -0.39 is 11.7 Å². The number of rotatable bonds is 5. The predicted molar refractivity (Wildman–Crippen MR) is 109 cm³/mol. The highest BCUT2D eigenvalue weighted by atomic mass is 19.1. The van der Waals surface area contributed by atoms with Crippen molar-refractivity contribution >= 4 is 29.1 Å². The molecule has 2 aliphatic rings. The second kappa shape index (κ2) is 8.61. The number of piperidine rings is 1. The van der Waals surface area contributed by atoms with Gasteiger partial charge in [0.25, 0.3) is 5.91 Å². The number of hydrogen-bond acceptors (Lipinski definition) is 4. The van der Waals surface area contributed by atoms with Crippen LogP contribution in [-0.4, -0.2) is 40.7 Å². The number of likely N-dealkylation sites (tertiary alicyclic amines) is 1. The normalized spacial score (nSPS) is 18.6. The van der Waals surface area contributed by atoms with Crippen LogP contribution in [0.1, 0.15) is 36.2 Å². The van der Waals surface area contributed by atoms with Crippen molar-refractivity contribution < 1.29 is 18.8 Å². The van der Waals surface area contributed by atoms with Crippen molar-refractivity contribution in [1.29, 1.82) is 0 Å². The van der Waals surface area contributed by atoms with Gasteiger partial charge in [-0.15, -0.1) is 0 Å². The van der Waals surface area contributed by atoms with E-state index in [0.717, 1.165) is 19.3 Å². The maximum Gasteiger partial charge on any atom is 0.274 e. The average molecular weight is 410 g/mol. The van der Waals surface area contributed by atoms with Crippen LogP contribution < -0.4 is 10.6 Å². The molecule has 4 rings (SSSR count). The van der Waals surface area contributed by atoms with Gasteiger partial charge in [0.2, 0.25) is 11.8 Å². The molecule has 30 heavy (non-hydrogen) atoms. The Bertz CT molecular complexity index is 962. The first-order valence-corrected chi connectivity index (χ1v) is 10.1. The molecule has 1 saturated heterocycles. The minimum Gasteiger partial charge on any atom is -0.342 e. The fourth-order valence-electron chi connectivity index (χ4n) is 3.63. The Hall–Kier alpha value is -3.29. The van der Waals surface area contributed by atoms with Gasteiger partial charge in [0.1, 0.15) is 11.5 Å². The Balaban J connectivity index is 1.45. The number of benzene rings is 1. The van der Waals surface area contributed by atoms with Gasteiger partial charge in [-0.3, -0.25) is 19.4 Å². The zero-order valence-corrected chi connectivity index (χ0v) is 16.4. The Morgan fingerprint density at radius 1 is 1.00 bits per heavy atom. The quantitative estimate of drug-likeness (QED) is 0.793. The zero-order chi connectivity index (χ0) is 21.1.